The largest absolute Gasteiger partial charge is 0.353 e. The number of amides is 1. The van der Waals surface area contributed by atoms with Crippen molar-refractivity contribution in [3.63, 3.8) is 0 Å². The van der Waals surface area contributed by atoms with Crippen LogP contribution in [-0.4, -0.2) is 51.8 Å². The lowest BCUT2D eigenvalue weighted by atomic mass is 10.2. The molecule has 138 valence electrons. The lowest BCUT2D eigenvalue weighted by molar-refractivity contribution is 0.0737. The van der Waals surface area contributed by atoms with Crippen LogP contribution in [0.4, 0.5) is 5.82 Å². The smallest absolute Gasteiger partial charge is 0.278 e. The van der Waals surface area contributed by atoms with Crippen LogP contribution in [0.15, 0.2) is 47.4 Å². The number of fused-ring (bicyclic) bond motifs is 1. The van der Waals surface area contributed by atoms with Gasteiger partial charge in [-0.05, 0) is 30.3 Å². The lowest BCUT2D eigenvalue weighted by Crippen LogP contribution is -2.50. The van der Waals surface area contributed by atoms with E-state index in [1.54, 1.807) is 41.0 Å². The van der Waals surface area contributed by atoms with Gasteiger partial charge >= 0.3 is 0 Å². The number of nitrogens with zero attached hydrogens (tertiary/aromatic N) is 5. The zero-order chi connectivity index (χ0) is 19.0. The Morgan fingerprint density at radius 1 is 1.11 bits per heavy atom. The van der Waals surface area contributed by atoms with Gasteiger partial charge in [0.25, 0.3) is 5.91 Å². The first-order valence-corrected chi connectivity index (χ1v) is 9.04. The predicted molar refractivity (Wildman–Crippen MR) is 104 cm³/mol. The van der Waals surface area contributed by atoms with Crippen LogP contribution in [0, 0.1) is 0 Å². The number of hydrogen-bond acceptors (Lipinski definition) is 5. The first kappa shape index (κ1) is 17.5. The summed E-state index contributed by atoms with van der Waals surface area (Å²) in [5.74, 6) is 0.539. The van der Waals surface area contributed by atoms with Gasteiger partial charge < -0.3 is 9.80 Å². The van der Waals surface area contributed by atoms with Gasteiger partial charge in [0, 0.05) is 44.4 Å². The molecular formula is C19H18ClN5O2. The topological polar surface area (TPSA) is 71.3 Å². The van der Waals surface area contributed by atoms with Crippen molar-refractivity contribution in [2.45, 2.75) is 0 Å². The van der Waals surface area contributed by atoms with Gasteiger partial charge in [-0.1, -0.05) is 17.7 Å². The van der Waals surface area contributed by atoms with Crippen molar-refractivity contribution < 1.29 is 4.79 Å². The fourth-order valence-electron chi connectivity index (χ4n) is 3.32. The molecule has 0 aliphatic carbocycles. The molecule has 2 aromatic heterocycles. The van der Waals surface area contributed by atoms with Gasteiger partial charge in [-0.25, -0.2) is 4.98 Å². The van der Waals surface area contributed by atoms with Crippen LogP contribution >= 0.6 is 11.6 Å². The summed E-state index contributed by atoms with van der Waals surface area (Å²) in [5, 5.41) is 5.08. The monoisotopic (exact) mass is 383 g/mol. The van der Waals surface area contributed by atoms with E-state index < -0.39 is 0 Å². The van der Waals surface area contributed by atoms with Gasteiger partial charge in [0.05, 0.1) is 10.9 Å². The molecule has 0 saturated carbocycles. The Labute approximate surface area is 160 Å². The summed E-state index contributed by atoms with van der Waals surface area (Å²) in [6.45, 7) is 2.33. The summed E-state index contributed by atoms with van der Waals surface area (Å²) >= 11 is 6.02. The third kappa shape index (κ3) is 3.26. The molecule has 0 N–H and O–H groups in total. The molecule has 0 spiro atoms. The minimum absolute atomic E-state index is 0.0708. The fraction of sp³-hybridized carbons (Fsp3) is 0.263. The maximum atomic E-state index is 12.9. The summed E-state index contributed by atoms with van der Waals surface area (Å²) < 4.78 is 1.55. The Morgan fingerprint density at radius 2 is 1.89 bits per heavy atom. The number of halogens is 1. The minimum Gasteiger partial charge on any atom is -0.353 e. The highest BCUT2D eigenvalue weighted by atomic mass is 35.5. The number of piperazine rings is 1. The van der Waals surface area contributed by atoms with E-state index in [4.69, 9.17) is 11.6 Å². The maximum Gasteiger partial charge on any atom is 0.278 e. The number of anilines is 1. The average Bonchev–Trinajstić information content (AvgIpc) is 2.71. The molecule has 0 radical (unpaired) electrons. The Bertz CT molecular complexity index is 1060. The second-order valence-electron chi connectivity index (χ2n) is 6.43. The number of aryl methyl sites for hydroxylation is 1. The summed E-state index contributed by atoms with van der Waals surface area (Å²) in [6.07, 6.45) is 1.75. The minimum atomic E-state index is -0.386. The molecule has 3 heterocycles. The summed E-state index contributed by atoms with van der Waals surface area (Å²) in [7, 11) is 1.71. The van der Waals surface area contributed by atoms with Crippen LogP contribution in [0.5, 0.6) is 0 Å². The number of hydrogen-bond donors (Lipinski definition) is 0. The second-order valence-corrected chi connectivity index (χ2v) is 6.87. The Hall–Kier alpha value is -2.93. The van der Waals surface area contributed by atoms with Crippen molar-refractivity contribution in [1.29, 1.82) is 0 Å². The van der Waals surface area contributed by atoms with Gasteiger partial charge in [0.15, 0.2) is 5.69 Å². The Balaban J connectivity index is 1.59. The molecule has 1 aliphatic rings. The van der Waals surface area contributed by atoms with Crippen LogP contribution in [0.3, 0.4) is 0 Å². The van der Waals surface area contributed by atoms with E-state index in [1.165, 1.54) is 0 Å². The van der Waals surface area contributed by atoms with E-state index in [9.17, 15) is 9.59 Å². The molecule has 0 bridgehead atoms. The van der Waals surface area contributed by atoms with E-state index in [0.717, 1.165) is 5.82 Å². The first-order valence-electron chi connectivity index (χ1n) is 8.66. The van der Waals surface area contributed by atoms with Crippen LogP contribution < -0.4 is 10.3 Å². The molecule has 4 rings (SSSR count). The molecule has 7 nitrogen and oxygen atoms in total. The van der Waals surface area contributed by atoms with Crippen molar-refractivity contribution in [3.05, 3.63) is 63.5 Å². The third-order valence-corrected chi connectivity index (χ3v) is 4.99. The maximum absolute atomic E-state index is 12.9. The number of pyridine rings is 1. The highest BCUT2D eigenvalue weighted by molar-refractivity contribution is 6.31. The third-order valence-electron chi connectivity index (χ3n) is 4.76. The van der Waals surface area contributed by atoms with Crippen molar-refractivity contribution >= 4 is 34.2 Å². The SMILES string of the molecule is Cn1nc(C(=O)N2CCN(c3ccccn3)CC2)c(=O)c2cc(Cl)ccc21. The van der Waals surface area contributed by atoms with Crippen molar-refractivity contribution in [2.24, 2.45) is 7.05 Å². The number of carbonyl (C=O) groups is 1. The molecule has 1 amide bonds. The number of rotatable bonds is 2. The van der Waals surface area contributed by atoms with E-state index in [-0.39, 0.29) is 17.0 Å². The molecule has 1 fully saturated rings. The van der Waals surface area contributed by atoms with Crippen LogP contribution in [0.2, 0.25) is 5.02 Å². The van der Waals surface area contributed by atoms with Crippen molar-refractivity contribution in [1.82, 2.24) is 19.7 Å². The van der Waals surface area contributed by atoms with Gasteiger partial charge in [0.1, 0.15) is 5.82 Å². The number of benzene rings is 1. The molecule has 1 aromatic carbocycles. The quantitative estimate of drug-likeness (QED) is 0.676. The van der Waals surface area contributed by atoms with Crippen molar-refractivity contribution in [2.75, 3.05) is 31.1 Å². The molecule has 0 unspecified atom stereocenters. The van der Waals surface area contributed by atoms with Crippen molar-refractivity contribution in [3.8, 4) is 0 Å². The van der Waals surface area contributed by atoms with Crippen LogP contribution in [0.1, 0.15) is 10.5 Å². The zero-order valence-electron chi connectivity index (χ0n) is 14.8. The second kappa shape index (κ2) is 7.00. The molecule has 27 heavy (non-hydrogen) atoms. The van der Waals surface area contributed by atoms with E-state index in [2.05, 4.69) is 15.0 Å². The van der Waals surface area contributed by atoms with Crippen LogP contribution in [0.25, 0.3) is 10.9 Å². The average molecular weight is 384 g/mol. The molecule has 3 aromatic rings. The van der Waals surface area contributed by atoms with Gasteiger partial charge in [0.2, 0.25) is 5.43 Å². The summed E-state index contributed by atoms with van der Waals surface area (Å²) in [5.41, 5.74) is 0.183. The Kier molecular flexibility index (Phi) is 4.53. The highest BCUT2D eigenvalue weighted by Crippen LogP contribution is 2.17. The van der Waals surface area contributed by atoms with Gasteiger partial charge in [-0.3, -0.25) is 14.3 Å². The number of carbonyl (C=O) groups excluding carboxylic acids is 1. The summed E-state index contributed by atoms with van der Waals surface area (Å²) in [6, 6.07) is 10.8. The Morgan fingerprint density at radius 3 is 2.59 bits per heavy atom. The molecule has 1 saturated heterocycles. The normalized spacial score (nSPS) is 14.6. The first-order chi connectivity index (χ1) is 13.0. The standard InChI is InChI=1S/C19H18ClN5O2/c1-23-15-6-5-13(20)12-14(15)18(26)17(22-23)19(27)25-10-8-24(9-11-25)16-4-2-3-7-21-16/h2-7,12H,8-11H2,1H3. The molecule has 0 atom stereocenters. The predicted octanol–water partition coefficient (Wildman–Crippen LogP) is 1.94. The van der Waals surface area contributed by atoms with E-state index >= 15 is 0 Å². The molecule has 8 heteroatoms. The fourth-order valence-corrected chi connectivity index (χ4v) is 3.49. The van der Waals surface area contributed by atoms with Gasteiger partial charge in [-0.15, -0.1) is 0 Å². The van der Waals surface area contributed by atoms with E-state index in [0.29, 0.717) is 42.1 Å². The molecular weight excluding hydrogens is 366 g/mol. The number of aromatic nitrogens is 3. The summed E-state index contributed by atoms with van der Waals surface area (Å²) in [4.78, 5) is 33.9. The van der Waals surface area contributed by atoms with Crippen LogP contribution in [-0.2, 0) is 7.05 Å². The van der Waals surface area contributed by atoms with E-state index in [1.807, 2.05) is 18.2 Å². The zero-order valence-corrected chi connectivity index (χ0v) is 15.6. The van der Waals surface area contributed by atoms with Gasteiger partial charge in [-0.2, -0.15) is 5.10 Å². The molecule has 1 aliphatic heterocycles. The lowest BCUT2D eigenvalue weighted by Gasteiger charge is -2.35. The highest BCUT2D eigenvalue weighted by Gasteiger charge is 2.26.